The van der Waals surface area contributed by atoms with Crippen LogP contribution in [0.25, 0.3) is 0 Å². The van der Waals surface area contributed by atoms with Crippen LogP contribution in [0.1, 0.15) is 51.4 Å². The first-order valence-corrected chi connectivity index (χ1v) is 7.12. The Morgan fingerprint density at radius 2 is 1.83 bits per heavy atom. The van der Waals surface area contributed by atoms with Gasteiger partial charge in [-0.25, -0.2) is 4.79 Å². The Hall–Kier alpha value is -0.610. The zero-order valence-corrected chi connectivity index (χ0v) is 11.2. The van der Waals surface area contributed by atoms with Crippen LogP contribution in [0.4, 0.5) is 0 Å². The summed E-state index contributed by atoms with van der Waals surface area (Å²) in [6.07, 6.45) is 7.53. The minimum absolute atomic E-state index is 0.0122. The van der Waals surface area contributed by atoms with Crippen molar-refractivity contribution < 1.29 is 19.4 Å². The Morgan fingerprint density at radius 3 is 2.39 bits per heavy atom. The highest BCUT2D eigenvalue weighted by atomic mass is 16.6. The summed E-state index contributed by atoms with van der Waals surface area (Å²) in [7, 11) is 1.35. The molecule has 2 unspecified atom stereocenters. The third-order valence-electron chi connectivity index (χ3n) is 4.41. The van der Waals surface area contributed by atoms with Gasteiger partial charge in [0.2, 0.25) is 0 Å². The molecule has 18 heavy (non-hydrogen) atoms. The predicted molar refractivity (Wildman–Crippen MR) is 67.1 cm³/mol. The minimum Gasteiger partial charge on any atom is -0.467 e. The smallest absolute Gasteiger partial charge is 0.340 e. The van der Waals surface area contributed by atoms with Gasteiger partial charge in [-0.15, -0.1) is 0 Å². The van der Waals surface area contributed by atoms with Gasteiger partial charge in [0.25, 0.3) is 0 Å². The molecular formula is C14H24O4. The van der Waals surface area contributed by atoms with E-state index in [1.54, 1.807) is 0 Å². The average Bonchev–Trinajstić information content (AvgIpc) is 2.47. The third kappa shape index (κ3) is 2.54. The van der Waals surface area contributed by atoms with Crippen LogP contribution in [-0.4, -0.2) is 36.5 Å². The molecule has 2 fully saturated rings. The third-order valence-corrected chi connectivity index (χ3v) is 4.41. The van der Waals surface area contributed by atoms with Crippen molar-refractivity contribution in [2.75, 3.05) is 13.7 Å². The van der Waals surface area contributed by atoms with E-state index in [4.69, 9.17) is 9.47 Å². The summed E-state index contributed by atoms with van der Waals surface area (Å²) in [4.78, 5) is 12.1. The molecule has 4 nitrogen and oxygen atoms in total. The van der Waals surface area contributed by atoms with Crippen LogP contribution in [0.15, 0.2) is 0 Å². The molecule has 2 aliphatic rings. The van der Waals surface area contributed by atoms with E-state index >= 15 is 0 Å². The first-order valence-electron chi connectivity index (χ1n) is 7.12. The number of esters is 1. The summed E-state index contributed by atoms with van der Waals surface area (Å²) < 4.78 is 10.5. The maximum atomic E-state index is 12.1. The lowest BCUT2D eigenvalue weighted by molar-refractivity contribution is -0.200. The van der Waals surface area contributed by atoms with Crippen LogP contribution in [0.2, 0.25) is 0 Å². The largest absolute Gasteiger partial charge is 0.467 e. The number of aliphatic hydroxyl groups is 1. The second kappa shape index (κ2) is 6.02. The van der Waals surface area contributed by atoms with Crippen LogP contribution >= 0.6 is 0 Å². The van der Waals surface area contributed by atoms with Crippen LogP contribution in [0.3, 0.4) is 0 Å². The zero-order chi connectivity index (χ0) is 13.0. The van der Waals surface area contributed by atoms with E-state index in [9.17, 15) is 9.90 Å². The first kappa shape index (κ1) is 13.8. The van der Waals surface area contributed by atoms with Crippen molar-refractivity contribution in [2.45, 2.75) is 63.1 Å². The summed E-state index contributed by atoms with van der Waals surface area (Å²) in [5.41, 5.74) is -1.43. The van der Waals surface area contributed by atoms with Crippen LogP contribution in [0.5, 0.6) is 0 Å². The monoisotopic (exact) mass is 256 g/mol. The highest BCUT2D eigenvalue weighted by molar-refractivity contribution is 5.80. The quantitative estimate of drug-likeness (QED) is 0.785. The number of hydrogen-bond donors (Lipinski definition) is 1. The summed E-state index contributed by atoms with van der Waals surface area (Å²) in [5, 5.41) is 10.9. The molecule has 0 bridgehead atoms. The number of hydrogen-bond acceptors (Lipinski definition) is 4. The molecule has 1 aliphatic carbocycles. The highest BCUT2D eigenvalue weighted by Gasteiger charge is 2.52. The molecule has 0 amide bonds. The van der Waals surface area contributed by atoms with Gasteiger partial charge in [-0.2, -0.15) is 0 Å². The number of carbonyl (C=O) groups is 1. The van der Waals surface area contributed by atoms with Crippen molar-refractivity contribution in [1.29, 1.82) is 0 Å². The van der Waals surface area contributed by atoms with E-state index in [-0.39, 0.29) is 12.0 Å². The molecule has 1 heterocycles. The zero-order valence-electron chi connectivity index (χ0n) is 11.2. The SMILES string of the molecule is COC(=O)C(O)(C1CCCCC1)C1CCCCO1. The van der Waals surface area contributed by atoms with E-state index < -0.39 is 11.6 Å². The van der Waals surface area contributed by atoms with Crippen molar-refractivity contribution in [3.63, 3.8) is 0 Å². The maximum absolute atomic E-state index is 12.1. The van der Waals surface area contributed by atoms with Crippen molar-refractivity contribution in [3.8, 4) is 0 Å². The van der Waals surface area contributed by atoms with Crippen LogP contribution < -0.4 is 0 Å². The summed E-state index contributed by atoms with van der Waals surface area (Å²) in [5.74, 6) is -0.525. The molecule has 1 saturated carbocycles. The van der Waals surface area contributed by atoms with Gasteiger partial charge in [0.1, 0.15) is 0 Å². The van der Waals surface area contributed by atoms with Gasteiger partial charge in [-0.05, 0) is 32.1 Å². The summed E-state index contributed by atoms with van der Waals surface area (Å²) in [6.45, 7) is 0.636. The number of rotatable bonds is 3. The van der Waals surface area contributed by atoms with Gasteiger partial charge < -0.3 is 14.6 Å². The fourth-order valence-corrected chi connectivity index (χ4v) is 3.36. The molecule has 4 heteroatoms. The van der Waals surface area contributed by atoms with Crippen molar-refractivity contribution >= 4 is 5.97 Å². The van der Waals surface area contributed by atoms with Gasteiger partial charge in [0.15, 0.2) is 5.60 Å². The van der Waals surface area contributed by atoms with E-state index in [1.807, 2.05) is 0 Å². The Labute approximate surface area is 109 Å². The molecule has 0 radical (unpaired) electrons. The molecule has 0 aromatic carbocycles. The molecule has 2 rings (SSSR count). The normalized spacial score (nSPS) is 29.6. The second-order valence-corrected chi connectivity index (χ2v) is 5.51. The molecule has 1 N–H and O–H groups in total. The lowest BCUT2D eigenvalue weighted by atomic mass is 9.72. The predicted octanol–water partition coefficient (Wildman–Crippen LogP) is 2.04. The first-order chi connectivity index (χ1) is 8.69. The van der Waals surface area contributed by atoms with Gasteiger partial charge in [-0.3, -0.25) is 0 Å². The van der Waals surface area contributed by atoms with E-state index in [2.05, 4.69) is 0 Å². The van der Waals surface area contributed by atoms with Crippen molar-refractivity contribution in [3.05, 3.63) is 0 Å². The summed E-state index contributed by atoms with van der Waals surface area (Å²) in [6, 6.07) is 0. The fraction of sp³-hybridized carbons (Fsp3) is 0.929. The lowest BCUT2D eigenvalue weighted by Gasteiger charge is -2.42. The fourth-order valence-electron chi connectivity index (χ4n) is 3.36. The van der Waals surface area contributed by atoms with Gasteiger partial charge in [0.05, 0.1) is 13.2 Å². The number of methoxy groups -OCH3 is 1. The molecule has 0 aromatic rings. The lowest BCUT2D eigenvalue weighted by Crippen LogP contribution is -2.57. The van der Waals surface area contributed by atoms with Gasteiger partial charge in [-0.1, -0.05) is 19.3 Å². The average molecular weight is 256 g/mol. The molecular weight excluding hydrogens is 232 g/mol. The Morgan fingerprint density at radius 1 is 1.17 bits per heavy atom. The van der Waals surface area contributed by atoms with Gasteiger partial charge >= 0.3 is 5.97 Å². The number of ether oxygens (including phenoxy) is 2. The van der Waals surface area contributed by atoms with Crippen molar-refractivity contribution in [1.82, 2.24) is 0 Å². The van der Waals surface area contributed by atoms with E-state index in [1.165, 1.54) is 13.5 Å². The van der Waals surface area contributed by atoms with Gasteiger partial charge in [0, 0.05) is 12.5 Å². The highest BCUT2D eigenvalue weighted by Crippen LogP contribution is 2.39. The van der Waals surface area contributed by atoms with Crippen molar-refractivity contribution in [2.24, 2.45) is 5.92 Å². The summed E-state index contributed by atoms with van der Waals surface area (Å²) >= 11 is 0. The van der Waals surface area contributed by atoms with E-state index in [0.717, 1.165) is 44.9 Å². The second-order valence-electron chi connectivity index (χ2n) is 5.51. The molecule has 1 aliphatic heterocycles. The van der Waals surface area contributed by atoms with Crippen LogP contribution in [0, 0.1) is 5.92 Å². The topological polar surface area (TPSA) is 55.8 Å². The number of carbonyl (C=O) groups excluding carboxylic acids is 1. The maximum Gasteiger partial charge on any atom is 0.340 e. The standard InChI is InChI=1S/C14H24O4/c1-17-13(15)14(16,11-7-3-2-4-8-11)12-9-5-6-10-18-12/h11-12,16H,2-10H2,1H3. The molecule has 0 aromatic heterocycles. The van der Waals surface area contributed by atoms with Crippen LogP contribution in [-0.2, 0) is 14.3 Å². The Kier molecular flexibility index (Phi) is 4.62. The van der Waals surface area contributed by atoms with E-state index in [0.29, 0.717) is 6.61 Å². The minimum atomic E-state index is -1.43. The molecule has 2 atom stereocenters. The molecule has 1 saturated heterocycles. The molecule has 0 spiro atoms. The Bertz CT molecular complexity index is 260. The Balaban J connectivity index is 2.17. The molecule has 104 valence electrons.